The van der Waals surface area contributed by atoms with Crippen LogP contribution in [0.2, 0.25) is 0 Å². The predicted octanol–water partition coefficient (Wildman–Crippen LogP) is 3.65. The molecule has 5 nitrogen and oxygen atoms in total. The lowest BCUT2D eigenvalue weighted by Crippen LogP contribution is -2.24. The molecule has 0 amide bonds. The molecule has 26 heavy (non-hydrogen) atoms. The maximum atomic E-state index is 10.9. The highest BCUT2D eigenvalue weighted by Gasteiger charge is 2.16. The molecular weight excluding hydrogens is 330 g/mol. The zero-order valence-corrected chi connectivity index (χ0v) is 15.6. The molecule has 0 aliphatic carbocycles. The lowest BCUT2D eigenvalue weighted by Gasteiger charge is -2.11. The van der Waals surface area contributed by atoms with Gasteiger partial charge in [0.05, 0.1) is 0 Å². The van der Waals surface area contributed by atoms with Crippen molar-refractivity contribution in [2.24, 2.45) is 5.73 Å². The number of aliphatic carboxylic acids is 1. The first kappa shape index (κ1) is 21.7. The van der Waals surface area contributed by atoms with Gasteiger partial charge in [-0.2, -0.15) is 0 Å². The molecule has 3 N–H and O–H groups in total. The van der Waals surface area contributed by atoms with Gasteiger partial charge in [0.25, 0.3) is 0 Å². The fourth-order valence-corrected chi connectivity index (χ4v) is 2.15. The second-order valence-corrected chi connectivity index (χ2v) is 5.83. The summed E-state index contributed by atoms with van der Waals surface area (Å²) < 4.78 is 10.6. The molecule has 2 aromatic carbocycles. The Labute approximate surface area is 155 Å². The van der Waals surface area contributed by atoms with E-state index in [1.165, 1.54) is 20.0 Å². The highest BCUT2D eigenvalue weighted by Crippen LogP contribution is 2.16. The molecule has 2 rings (SSSR count). The number of nitrogens with two attached hydrogens (primary N) is 1. The summed E-state index contributed by atoms with van der Waals surface area (Å²) in [4.78, 5) is 10.9. The summed E-state index contributed by atoms with van der Waals surface area (Å²) in [5.41, 5.74) is 7.14. The SMILES string of the molecule is CCCCN.COC(Cc1ccc(OCc2ccccc2)cc1)C(=O)O. The largest absolute Gasteiger partial charge is 0.489 e. The van der Waals surface area contributed by atoms with Gasteiger partial charge in [0.2, 0.25) is 0 Å². The van der Waals surface area contributed by atoms with Crippen LogP contribution < -0.4 is 10.5 Å². The summed E-state index contributed by atoms with van der Waals surface area (Å²) in [7, 11) is 1.40. The van der Waals surface area contributed by atoms with Gasteiger partial charge < -0.3 is 20.3 Å². The van der Waals surface area contributed by atoms with E-state index in [1.54, 1.807) is 0 Å². The van der Waals surface area contributed by atoms with Crippen LogP contribution in [0.1, 0.15) is 30.9 Å². The van der Waals surface area contributed by atoms with Crippen LogP contribution in [-0.2, 0) is 22.6 Å². The summed E-state index contributed by atoms with van der Waals surface area (Å²) in [5, 5.41) is 8.95. The maximum Gasteiger partial charge on any atom is 0.333 e. The molecule has 1 unspecified atom stereocenters. The molecule has 142 valence electrons. The smallest absolute Gasteiger partial charge is 0.333 e. The minimum Gasteiger partial charge on any atom is -0.489 e. The molecule has 0 aliphatic heterocycles. The Bertz CT molecular complexity index is 612. The highest BCUT2D eigenvalue weighted by molar-refractivity contribution is 5.72. The second-order valence-electron chi connectivity index (χ2n) is 5.83. The highest BCUT2D eigenvalue weighted by atomic mass is 16.5. The average Bonchev–Trinajstić information content (AvgIpc) is 2.67. The van der Waals surface area contributed by atoms with Gasteiger partial charge in [0.15, 0.2) is 6.10 Å². The first-order valence-electron chi connectivity index (χ1n) is 8.82. The number of rotatable bonds is 9. The number of carbonyl (C=O) groups is 1. The van der Waals surface area contributed by atoms with Crippen LogP contribution in [0.3, 0.4) is 0 Å². The Kier molecular flexibility index (Phi) is 10.8. The van der Waals surface area contributed by atoms with Crippen LogP contribution >= 0.6 is 0 Å². The van der Waals surface area contributed by atoms with Gasteiger partial charge in [-0.3, -0.25) is 0 Å². The van der Waals surface area contributed by atoms with Crippen LogP contribution in [0.25, 0.3) is 0 Å². The zero-order valence-electron chi connectivity index (χ0n) is 15.6. The Morgan fingerprint density at radius 3 is 2.19 bits per heavy atom. The van der Waals surface area contributed by atoms with Gasteiger partial charge in [-0.15, -0.1) is 0 Å². The molecule has 5 heteroatoms. The number of unbranched alkanes of at least 4 members (excludes halogenated alkanes) is 1. The third-order valence-corrected chi connectivity index (χ3v) is 3.71. The first-order valence-corrected chi connectivity index (χ1v) is 8.82. The quantitative estimate of drug-likeness (QED) is 0.714. The second kappa shape index (κ2) is 12.9. The van der Waals surface area contributed by atoms with Gasteiger partial charge >= 0.3 is 5.97 Å². The summed E-state index contributed by atoms with van der Waals surface area (Å²) >= 11 is 0. The van der Waals surface area contributed by atoms with E-state index in [0.717, 1.165) is 23.4 Å². The maximum absolute atomic E-state index is 10.9. The molecule has 1 atom stereocenters. The molecule has 2 aromatic rings. The zero-order chi connectivity index (χ0) is 19.2. The van der Waals surface area contributed by atoms with Gasteiger partial charge in [-0.1, -0.05) is 55.8 Å². The van der Waals surface area contributed by atoms with Crippen molar-refractivity contribution >= 4 is 5.97 Å². The minimum atomic E-state index is -0.957. The van der Waals surface area contributed by atoms with Gasteiger partial charge in [0, 0.05) is 13.5 Å². The lowest BCUT2D eigenvalue weighted by molar-refractivity contribution is -0.148. The van der Waals surface area contributed by atoms with E-state index in [9.17, 15) is 4.79 Å². The molecule has 0 fully saturated rings. The van der Waals surface area contributed by atoms with Crippen molar-refractivity contribution < 1.29 is 19.4 Å². The van der Waals surface area contributed by atoms with E-state index < -0.39 is 12.1 Å². The van der Waals surface area contributed by atoms with Crippen molar-refractivity contribution in [3.63, 3.8) is 0 Å². The molecule has 0 aliphatic rings. The number of carboxylic acids is 1. The molecule has 0 spiro atoms. The molecule has 0 heterocycles. The summed E-state index contributed by atoms with van der Waals surface area (Å²) in [5.74, 6) is -0.200. The van der Waals surface area contributed by atoms with Crippen LogP contribution in [0.15, 0.2) is 54.6 Å². The summed E-state index contributed by atoms with van der Waals surface area (Å²) in [6.07, 6.45) is 1.91. The molecule has 0 radical (unpaired) electrons. The van der Waals surface area contributed by atoms with Crippen molar-refractivity contribution in [3.05, 3.63) is 65.7 Å². The first-order chi connectivity index (χ1) is 12.6. The van der Waals surface area contributed by atoms with Gasteiger partial charge in [-0.05, 0) is 36.2 Å². The van der Waals surface area contributed by atoms with E-state index in [2.05, 4.69) is 6.92 Å². The van der Waals surface area contributed by atoms with Gasteiger partial charge in [-0.25, -0.2) is 4.79 Å². The number of carboxylic acid groups (broad SMARTS) is 1. The standard InChI is InChI=1S/C17H18O4.C4H11N/c1-20-16(17(18)19)11-13-7-9-15(10-8-13)21-12-14-5-3-2-4-6-14;1-2-3-4-5/h2-10,16H,11-12H2,1H3,(H,18,19);2-5H2,1H3. The fourth-order valence-electron chi connectivity index (χ4n) is 2.15. The van der Waals surface area contributed by atoms with Crippen molar-refractivity contribution in [1.29, 1.82) is 0 Å². The summed E-state index contributed by atoms with van der Waals surface area (Å²) in [6.45, 7) is 3.49. The number of benzene rings is 2. The van der Waals surface area contributed by atoms with E-state index in [1.807, 2.05) is 54.6 Å². The fraction of sp³-hybridized carbons (Fsp3) is 0.381. The third kappa shape index (κ3) is 8.65. The van der Waals surface area contributed by atoms with Crippen LogP contribution in [0, 0.1) is 0 Å². The molecular formula is C21H29NO4. The Hall–Kier alpha value is -2.37. The van der Waals surface area contributed by atoms with Crippen LogP contribution in [0.5, 0.6) is 5.75 Å². The van der Waals surface area contributed by atoms with E-state index in [-0.39, 0.29) is 0 Å². The average molecular weight is 359 g/mol. The van der Waals surface area contributed by atoms with E-state index in [0.29, 0.717) is 13.0 Å². The van der Waals surface area contributed by atoms with Crippen LogP contribution in [-0.4, -0.2) is 30.8 Å². The lowest BCUT2D eigenvalue weighted by atomic mass is 10.1. The van der Waals surface area contributed by atoms with Crippen molar-refractivity contribution in [3.8, 4) is 5.75 Å². The normalized spacial score (nSPS) is 11.2. The Balaban J connectivity index is 0.000000597. The van der Waals surface area contributed by atoms with E-state index >= 15 is 0 Å². The molecule has 0 saturated carbocycles. The minimum absolute atomic E-state index is 0.338. The Morgan fingerprint density at radius 1 is 1.08 bits per heavy atom. The third-order valence-electron chi connectivity index (χ3n) is 3.71. The monoisotopic (exact) mass is 359 g/mol. The molecule has 0 bridgehead atoms. The van der Waals surface area contributed by atoms with Crippen molar-refractivity contribution in [1.82, 2.24) is 0 Å². The number of hydrogen-bond acceptors (Lipinski definition) is 4. The van der Waals surface area contributed by atoms with Gasteiger partial charge in [0.1, 0.15) is 12.4 Å². The molecule has 0 saturated heterocycles. The number of methoxy groups -OCH3 is 1. The summed E-state index contributed by atoms with van der Waals surface area (Å²) in [6, 6.07) is 17.3. The number of ether oxygens (including phenoxy) is 2. The molecule has 0 aromatic heterocycles. The van der Waals surface area contributed by atoms with Crippen LogP contribution in [0.4, 0.5) is 0 Å². The predicted molar refractivity (Wildman–Crippen MR) is 103 cm³/mol. The van der Waals surface area contributed by atoms with Crippen molar-refractivity contribution in [2.75, 3.05) is 13.7 Å². The number of hydrogen-bond donors (Lipinski definition) is 2. The Morgan fingerprint density at radius 2 is 1.73 bits per heavy atom. The van der Waals surface area contributed by atoms with Crippen molar-refractivity contribution in [2.45, 2.75) is 38.9 Å². The topological polar surface area (TPSA) is 81.8 Å². The van der Waals surface area contributed by atoms with E-state index in [4.69, 9.17) is 20.3 Å².